The maximum atomic E-state index is 3.83. The van der Waals surface area contributed by atoms with Crippen LogP contribution in [0.2, 0.25) is 0 Å². The van der Waals surface area contributed by atoms with Crippen LogP contribution in [-0.2, 0) is 0 Å². The van der Waals surface area contributed by atoms with Gasteiger partial charge in [-0.25, -0.2) is 0 Å². The van der Waals surface area contributed by atoms with Gasteiger partial charge in [0, 0.05) is 18.2 Å². The molecule has 2 heteroatoms. The highest BCUT2D eigenvalue weighted by Crippen LogP contribution is 2.08. The summed E-state index contributed by atoms with van der Waals surface area (Å²) >= 11 is 0. The smallest absolute Gasteiger partial charge is 0.0954 e. The Kier molecular flexibility index (Phi) is 1.47. The average molecular weight is 124 g/mol. The van der Waals surface area contributed by atoms with Crippen molar-refractivity contribution in [3.63, 3.8) is 0 Å². The van der Waals surface area contributed by atoms with E-state index in [0.717, 1.165) is 18.1 Å². The van der Waals surface area contributed by atoms with E-state index in [1.165, 1.54) is 0 Å². The zero-order chi connectivity index (χ0) is 6.85. The van der Waals surface area contributed by atoms with E-state index in [0.29, 0.717) is 5.92 Å². The minimum atomic E-state index is 0.510. The van der Waals surface area contributed by atoms with Crippen LogP contribution in [0.25, 0.3) is 0 Å². The first kappa shape index (κ1) is 6.20. The van der Waals surface area contributed by atoms with Crippen molar-refractivity contribution < 1.29 is 0 Å². The summed E-state index contributed by atoms with van der Waals surface area (Å²) < 4.78 is 0. The Morgan fingerprint density at radius 1 is 1.56 bits per heavy atom. The highest BCUT2D eigenvalue weighted by atomic mass is 15.1. The Labute approximate surface area is 55.6 Å². The second kappa shape index (κ2) is 2.13. The summed E-state index contributed by atoms with van der Waals surface area (Å²) in [7, 11) is 0. The van der Waals surface area contributed by atoms with Crippen molar-refractivity contribution in [2.45, 2.75) is 6.92 Å². The third-order valence-corrected chi connectivity index (χ3v) is 1.53. The van der Waals surface area contributed by atoms with Gasteiger partial charge >= 0.3 is 0 Å². The van der Waals surface area contributed by atoms with Crippen LogP contribution in [0.15, 0.2) is 24.7 Å². The Morgan fingerprint density at radius 3 is 2.67 bits per heavy atom. The summed E-state index contributed by atoms with van der Waals surface area (Å²) in [6, 6.07) is 0. The van der Waals surface area contributed by atoms with Gasteiger partial charge in [-0.15, -0.1) is 0 Å². The summed E-state index contributed by atoms with van der Waals surface area (Å²) in [6.45, 7) is 10.6. The van der Waals surface area contributed by atoms with Gasteiger partial charge < -0.3 is 10.6 Å². The molecule has 0 amide bonds. The van der Waals surface area contributed by atoms with Crippen LogP contribution >= 0.6 is 0 Å². The van der Waals surface area contributed by atoms with E-state index in [9.17, 15) is 0 Å². The van der Waals surface area contributed by atoms with E-state index in [2.05, 4.69) is 30.7 Å². The molecule has 0 aromatic rings. The molecular weight excluding hydrogens is 112 g/mol. The molecule has 2 N–H and O–H groups in total. The minimum absolute atomic E-state index is 0.510. The number of hydrogen-bond acceptors (Lipinski definition) is 2. The largest absolute Gasteiger partial charge is 0.371 e. The maximum absolute atomic E-state index is 3.83. The summed E-state index contributed by atoms with van der Waals surface area (Å²) in [5.41, 5.74) is 1.05. The molecule has 1 atom stereocenters. The molecule has 0 bridgehead atoms. The van der Waals surface area contributed by atoms with Gasteiger partial charge in [-0.05, 0) is 0 Å². The zero-order valence-corrected chi connectivity index (χ0v) is 5.70. The van der Waals surface area contributed by atoms with Crippen LogP contribution in [0, 0.1) is 5.92 Å². The van der Waals surface area contributed by atoms with Gasteiger partial charge in [0.15, 0.2) is 0 Å². The molecule has 0 aliphatic carbocycles. The normalized spacial score (nSPS) is 27.0. The predicted molar refractivity (Wildman–Crippen MR) is 38.6 cm³/mol. The highest BCUT2D eigenvalue weighted by Gasteiger charge is 2.11. The first-order valence-electron chi connectivity index (χ1n) is 3.08. The molecule has 0 radical (unpaired) electrons. The molecule has 0 spiro atoms. The second-order valence-electron chi connectivity index (χ2n) is 2.41. The van der Waals surface area contributed by atoms with Crippen molar-refractivity contribution >= 4 is 0 Å². The Balaban J connectivity index is 2.54. The molecule has 1 rings (SSSR count). The molecule has 1 aliphatic heterocycles. The molecule has 1 heterocycles. The SMILES string of the molecule is C=C1NCC(C)C(=C)N1. The predicted octanol–water partition coefficient (Wildman–Crippen LogP) is 0.800. The van der Waals surface area contributed by atoms with Crippen molar-refractivity contribution in [3.8, 4) is 0 Å². The van der Waals surface area contributed by atoms with Crippen LogP contribution in [0.5, 0.6) is 0 Å². The summed E-state index contributed by atoms with van der Waals surface area (Å²) in [5, 5.41) is 6.12. The summed E-state index contributed by atoms with van der Waals surface area (Å²) in [4.78, 5) is 0. The molecule has 0 aromatic heterocycles. The Morgan fingerprint density at radius 2 is 2.22 bits per heavy atom. The van der Waals surface area contributed by atoms with Gasteiger partial charge in [0.1, 0.15) is 0 Å². The highest BCUT2D eigenvalue weighted by molar-refractivity contribution is 5.11. The number of hydrogen-bond donors (Lipinski definition) is 2. The fourth-order valence-electron chi connectivity index (χ4n) is 0.761. The number of rotatable bonds is 0. The molecule has 0 aromatic carbocycles. The third-order valence-electron chi connectivity index (χ3n) is 1.53. The van der Waals surface area contributed by atoms with Crippen molar-refractivity contribution in [1.29, 1.82) is 0 Å². The van der Waals surface area contributed by atoms with Crippen LogP contribution in [0.3, 0.4) is 0 Å². The molecule has 2 nitrogen and oxygen atoms in total. The monoisotopic (exact) mass is 124 g/mol. The first-order chi connectivity index (χ1) is 4.20. The lowest BCUT2D eigenvalue weighted by Crippen LogP contribution is -2.37. The number of nitrogens with one attached hydrogen (secondary N) is 2. The summed E-state index contributed by atoms with van der Waals surface area (Å²) in [5.74, 6) is 1.37. The van der Waals surface area contributed by atoms with Gasteiger partial charge in [-0.1, -0.05) is 20.1 Å². The third kappa shape index (κ3) is 1.25. The van der Waals surface area contributed by atoms with Crippen molar-refractivity contribution in [1.82, 2.24) is 10.6 Å². The van der Waals surface area contributed by atoms with E-state index in [1.54, 1.807) is 0 Å². The van der Waals surface area contributed by atoms with E-state index >= 15 is 0 Å². The van der Waals surface area contributed by atoms with Crippen LogP contribution in [0.1, 0.15) is 6.92 Å². The lowest BCUT2D eigenvalue weighted by Gasteiger charge is -2.25. The zero-order valence-electron chi connectivity index (χ0n) is 5.70. The standard InChI is InChI=1S/C7H12N2/c1-5-4-8-7(3)9-6(5)2/h5,8-9H,2-4H2,1H3. The first-order valence-corrected chi connectivity index (χ1v) is 3.08. The fraction of sp³-hybridized carbons (Fsp3) is 0.429. The van der Waals surface area contributed by atoms with Crippen LogP contribution in [-0.4, -0.2) is 6.54 Å². The van der Waals surface area contributed by atoms with Gasteiger partial charge in [0.25, 0.3) is 0 Å². The van der Waals surface area contributed by atoms with Gasteiger partial charge in [0.05, 0.1) is 5.82 Å². The van der Waals surface area contributed by atoms with E-state index < -0.39 is 0 Å². The van der Waals surface area contributed by atoms with Gasteiger partial charge in [-0.2, -0.15) is 0 Å². The second-order valence-corrected chi connectivity index (χ2v) is 2.41. The van der Waals surface area contributed by atoms with E-state index in [4.69, 9.17) is 0 Å². The van der Waals surface area contributed by atoms with Crippen molar-refractivity contribution in [3.05, 3.63) is 24.7 Å². The Bertz CT molecular complexity index is 149. The van der Waals surface area contributed by atoms with Crippen LogP contribution in [0.4, 0.5) is 0 Å². The van der Waals surface area contributed by atoms with Crippen molar-refractivity contribution in [2.24, 2.45) is 5.92 Å². The van der Waals surface area contributed by atoms with Crippen molar-refractivity contribution in [2.75, 3.05) is 6.54 Å². The molecule has 1 unspecified atom stereocenters. The molecular formula is C7H12N2. The summed E-state index contributed by atoms with van der Waals surface area (Å²) in [6.07, 6.45) is 0. The maximum Gasteiger partial charge on any atom is 0.0954 e. The molecule has 1 saturated heterocycles. The lowest BCUT2D eigenvalue weighted by molar-refractivity contribution is 0.523. The van der Waals surface area contributed by atoms with Gasteiger partial charge in [-0.3, -0.25) is 0 Å². The fourth-order valence-corrected chi connectivity index (χ4v) is 0.761. The minimum Gasteiger partial charge on any atom is -0.371 e. The molecule has 0 saturated carbocycles. The van der Waals surface area contributed by atoms with E-state index in [1.807, 2.05) is 0 Å². The molecule has 9 heavy (non-hydrogen) atoms. The molecule has 1 fully saturated rings. The quantitative estimate of drug-likeness (QED) is 0.499. The molecule has 50 valence electrons. The molecule has 1 aliphatic rings. The Hall–Kier alpha value is -0.920. The van der Waals surface area contributed by atoms with Crippen LogP contribution < -0.4 is 10.6 Å². The van der Waals surface area contributed by atoms with E-state index in [-0.39, 0.29) is 0 Å². The lowest BCUT2D eigenvalue weighted by atomic mass is 10.1. The van der Waals surface area contributed by atoms with Gasteiger partial charge in [0.2, 0.25) is 0 Å². The average Bonchev–Trinajstić information content (AvgIpc) is 1.80. The topological polar surface area (TPSA) is 24.1 Å².